The zero-order chi connectivity index (χ0) is 24.4. The van der Waals surface area contributed by atoms with E-state index in [9.17, 15) is 10.3 Å². The van der Waals surface area contributed by atoms with Crippen LogP contribution in [0.15, 0.2) is 5.16 Å². The summed E-state index contributed by atoms with van der Waals surface area (Å²) < 4.78 is 6.69. The molecule has 5 saturated carbocycles. The molecule has 0 unspecified atom stereocenters. The quantitative estimate of drug-likeness (QED) is 0.255. The third-order valence-electron chi connectivity index (χ3n) is 13.7. The van der Waals surface area contributed by atoms with Crippen molar-refractivity contribution in [3.8, 4) is 0 Å². The largest absolute Gasteiger partial charge is 0.411 e. The third kappa shape index (κ3) is 2.71. The Morgan fingerprint density at radius 1 is 0.794 bits per heavy atom. The minimum atomic E-state index is -0.310. The average molecular weight is 472 g/mol. The molecule has 1 heterocycles. The fourth-order valence-electron chi connectivity index (χ4n) is 12.1. The third-order valence-corrected chi connectivity index (χ3v) is 13.7. The number of rotatable bonds is 1. The lowest BCUT2D eigenvalue weighted by molar-refractivity contribution is -0.236. The molecule has 4 heteroatoms. The summed E-state index contributed by atoms with van der Waals surface area (Å²) in [5.41, 5.74) is 1.03. The molecule has 6 fully saturated rings. The molecular formula is C30H49NO3. The normalized spacial score (nSPS) is 57.4. The summed E-state index contributed by atoms with van der Waals surface area (Å²) >= 11 is 0. The van der Waals surface area contributed by atoms with Gasteiger partial charge >= 0.3 is 0 Å². The lowest BCUT2D eigenvalue weighted by Gasteiger charge is -2.73. The molecule has 6 aliphatic rings. The minimum Gasteiger partial charge on any atom is -0.411 e. The van der Waals surface area contributed by atoms with Gasteiger partial charge in [-0.05, 0) is 115 Å². The second kappa shape index (κ2) is 7.03. The molecule has 0 radical (unpaired) electrons. The smallest absolute Gasteiger partial charge is 0.0663 e. The zero-order valence-corrected chi connectivity index (χ0v) is 22.6. The SMILES string of the molecule is CC1(C)CC[C@]23CC[C@]4(C)[C@H](CC[C@@H]5[C@@]6(/C=N/O)C[C@H](O)CC(C)(C)[C@@H]6CC[C@]54C)[C@H]2[C@H]1OC3. The van der Waals surface area contributed by atoms with Crippen molar-refractivity contribution in [3.63, 3.8) is 0 Å². The van der Waals surface area contributed by atoms with Gasteiger partial charge in [0, 0.05) is 5.41 Å². The van der Waals surface area contributed by atoms with Gasteiger partial charge in [-0.3, -0.25) is 0 Å². The molecule has 34 heavy (non-hydrogen) atoms. The van der Waals surface area contributed by atoms with E-state index in [0.717, 1.165) is 25.4 Å². The van der Waals surface area contributed by atoms with Gasteiger partial charge in [-0.15, -0.1) is 5.16 Å². The fraction of sp³-hybridized carbons (Fsp3) is 0.967. The lowest BCUT2D eigenvalue weighted by atomic mass is 9.31. The summed E-state index contributed by atoms with van der Waals surface area (Å²) in [6.07, 6.45) is 13.8. The van der Waals surface area contributed by atoms with Gasteiger partial charge in [-0.25, -0.2) is 0 Å². The molecular weight excluding hydrogens is 422 g/mol. The van der Waals surface area contributed by atoms with Crippen LogP contribution in [0.2, 0.25) is 0 Å². The second-order valence-electron chi connectivity index (χ2n) is 15.7. The highest BCUT2D eigenvalue weighted by Gasteiger charge is 2.73. The maximum atomic E-state index is 11.1. The van der Waals surface area contributed by atoms with Gasteiger partial charge in [-0.2, -0.15) is 0 Å². The average Bonchev–Trinajstić information content (AvgIpc) is 3.07. The summed E-state index contributed by atoms with van der Waals surface area (Å²) in [7, 11) is 0. The van der Waals surface area contributed by atoms with Crippen molar-refractivity contribution in [2.45, 2.75) is 118 Å². The van der Waals surface area contributed by atoms with E-state index in [4.69, 9.17) is 4.74 Å². The Hall–Kier alpha value is -0.610. The first-order chi connectivity index (χ1) is 15.9. The van der Waals surface area contributed by atoms with Gasteiger partial charge in [0.1, 0.15) is 0 Å². The molecule has 1 saturated heterocycles. The van der Waals surface area contributed by atoms with Crippen LogP contribution in [0, 0.1) is 56.2 Å². The van der Waals surface area contributed by atoms with Gasteiger partial charge in [-0.1, -0.05) is 41.5 Å². The first-order valence-electron chi connectivity index (χ1n) is 14.3. The Labute approximate surface area is 207 Å². The van der Waals surface area contributed by atoms with Gasteiger partial charge in [0.15, 0.2) is 0 Å². The summed E-state index contributed by atoms with van der Waals surface area (Å²) in [6.45, 7) is 15.8. The van der Waals surface area contributed by atoms with E-state index >= 15 is 0 Å². The molecule has 0 spiro atoms. The van der Waals surface area contributed by atoms with Crippen LogP contribution in [-0.2, 0) is 4.74 Å². The Kier molecular flexibility index (Phi) is 4.91. The molecule has 0 amide bonds. The van der Waals surface area contributed by atoms with Crippen molar-refractivity contribution in [2.24, 2.45) is 61.3 Å². The predicted octanol–water partition coefficient (Wildman–Crippen LogP) is 6.68. The first kappa shape index (κ1) is 23.8. The van der Waals surface area contributed by atoms with Crippen LogP contribution in [-0.4, -0.2) is 35.3 Å². The highest BCUT2D eigenvalue weighted by Crippen LogP contribution is 2.77. The van der Waals surface area contributed by atoms with E-state index in [-0.39, 0.29) is 33.2 Å². The lowest BCUT2D eigenvalue weighted by Crippen LogP contribution is -2.68. The van der Waals surface area contributed by atoms with Crippen LogP contribution in [0.5, 0.6) is 0 Å². The van der Waals surface area contributed by atoms with Crippen LogP contribution in [0.1, 0.15) is 106 Å². The van der Waals surface area contributed by atoms with Crippen LogP contribution in [0.4, 0.5) is 0 Å². The van der Waals surface area contributed by atoms with E-state index < -0.39 is 0 Å². The fourth-order valence-corrected chi connectivity index (χ4v) is 12.1. The molecule has 2 N–H and O–H groups in total. The number of hydrogen-bond donors (Lipinski definition) is 2. The number of hydrogen-bond acceptors (Lipinski definition) is 4. The zero-order valence-electron chi connectivity index (χ0n) is 22.6. The standard InChI is InChI=1S/C30H49NO3/c1-25(2)11-13-29-14-12-27(5)20(23(29)24(25)34-18-29)7-8-22-28(27,6)10-9-21-26(3,4)15-19(32)16-30(21,22)17-31-33/h17,19-24,32-33H,7-16,18H2,1-6H3/b31-17+/t19-,20-,21+,22+,23+,24-,27-,28-,29-,30-/m1/s1. The van der Waals surface area contributed by atoms with Crippen molar-refractivity contribution in [3.05, 3.63) is 0 Å². The maximum Gasteiger partial charge on any atom is 0.0663 e. The summed E-state index contributed by atoms with van der Waals surface area (Å²) in [4.78, 5) is 0. The van der Waals surface area contributed by atoms with Crippen molar-refractivity contribution in [2.75, 3.05) is 6.61 Å². The number of ether oxygens (including phenoxy) is 1. The van der Waals surface area contributed by atoms with Gasteiger partial charge in [0.2, 0.25) is 0 Å². The van der Waals surface area contributed by atoms with Crippen LogP contribution < -0.4 is 0 Å². The molecule has 5 aliphatic carbocycles. The van der Waals surface area contributed by atoms with Gasteiger partial charge < -0.3 is 15.1 Å². The summed E-state index contributed by atoms with van der Waals surface area (Å²) in [6, 6.07) is 0. The van der Waals surface area contributed by atoms with E-state index in [1.165, 1.54) is 51.4 Å². The van der Waals surface area contributed by atoms with Crippen LogP contribution >= 0.6 is 0 Å². The molecule has 0 aromatic heterocycles. The number of nitrogens with zero attached hydrogens (tertiary/aromatic N) is 1. The van der Waals surface area contributed by atoms with Crippen molar-refractivity contribution in [1.82, 2.24) is 0 Å². The van der Waals surface area contributed by atoms with E-state index in [2.05, 4.69) is 46.7 Å². The number of aliphatic hydroxyl groups excluding tert-OH is 1. The molecule has 0 aromatic carbocycles. The number of oxime groups is 1. The monoisotopic (exact) mass is 471 g/mol. The highest BCUT2D eigenvalue weighted by molar-refractivity contribution is 5.68. The maximum absolute atomic E-state index is 11.1. The Morgan fingerprint density at radius 2 is 1.53 bits per heavy atom. The topological polar surface area (TPSA) is 62.1 Å². The second-order valence-corrected chi connectivity index (χ2v) is 15.7. The molecule has 1 aliphatic heterocycles. The van der Waals surface area contributed by atoms with Gasteiger partial charge in [0.05, 0.1) is 25.0 Å². The summed E-state index contributed by atoms with van der Waals surface area (Å²) in [5, 5.41) is 24.8. The molecule has 6 rings (SSSR count). The Bertz CT molecular complexity index is 882. The Balaban J connectivity index is 1.44. The molecule has 10 atom stereocenters. The van der Waals surface area contributed by atoms with Crippen LogP contribution in [0.3, 0.4) is 0 Å². The number of aliphatic hydroxyl groups is 1. The summed E-state index contributed by atoms with van der Waals surface area (Å²) in [5.74, 6) is 2.35. The highest BCUT2D eigenvalue weighted by atomic mass is 16.5. The first-order valence-corrected chi connectivity index (χ1v) is 14.3. The van der Waals surface area contributed by atoms with Crippen molar-refractivity contribution < 1.29 is 15.1 Å². The van der Waals surface area contributed by atoms with E-state index in [0.29, 0.717) is 29.3 Å². The van der Waals surface area contributed by atoms with E-state index in [1.54, 1.807) is 0 Å². The Morgan fingerprint density at radius 3 is 2.26 bits per heavy atom. The van der Waals surface area contributed by atoms with Crippen molar-refractivity contribution in [1.29, 1.82) is 0 Å². The minimum absolute atomic E-state index is 0.0644. The van der Waals surface area contributed by atoms with E-state index in [1.807, 2.05) is 6.21 Å². The van der Waals surface area contributed by atoms with Crippen molar-refractivity contribution >= 4 is 6.21 Å². The van der Waals surface area contributed by atoms with Gasteiger partial charge in [0.25, 0.3) is 0 Å². The molecule has 4 nitrogen and oxygen atoms in total. The molecule has 0 aromatic rings. The predicted molar refractivity (Wildman–Crippen MR) is 135 cm³/mol. The van der Waals surface area contributed by atoms with Crippen LogP contribution in [0.25, 0.3) is 0 Å². The molecule has 192 valence electrons. The number of fused-ring (bicyclic) bond motifs is 5. The molecule has 2 bridgehead atoms.